The van der Waals surface area contributed by atoms with Crippen LogP contribution in [0.2, 0.25) is 0 Å². The molecule has 1 atom stereocenters. The van der Waals surface area contributed by atoms with Gasteiger partial charge < -0.3 is 0 Å². The summed E-state index contributed by atoms with van der Waals surface area (Å²) in [5.74, 6) is 0. The lowest BCUT2D eigenvalue weighted by Crippen LogP contribution is -2.46. The summed E-state index contributed by atoms with van der Waals surface area (Å²) >= 11 is 0. The van der Waals surface area contributed by atoms with Gasteiger partial charge in [-0.2, -0.15) is 0 Å². The van der Waals surface area contributed by atoms with Crippen molar-refractivity contribution < 1.29 is 5.21 Å². The molecule has 13 heavy (non-hydrogen) atoms. The minimum Gasteiger partial charge on any atom is -0.144 e. The summed E-state index contributed by atoms with van der Waals surface area (Å²) in [7, 11) is 0. The molecule has 1 radical (unpaired) electrons. The van der Waals surface area contributed by atoms with E-state index in [4.69, 9.17) is 0 Å². The normalized spacial score (nSPS) is 33.9. The Labute approximate surface area is 81.9 Å². The number of hydrogen-bond donors (Lipinski definition) is 0. The van der Waals surface area contributed by atoms with Gasteiger partial charge >= 0.3 is 0 Å². The Balaban J connectivity index is 2.61. The Bertz CT molecular complexity index is 179. The maximum absolute atomic E-state index is 12.0. The van der Waals surface area contributed by atoms with Crippen molar-refractivity contribution in [3.8, 4) is 0 Å². The highest BCUT2D eigenvalue weighted by atomic mass is 16.5. The molecular formula is C11H22NO. The molecule has 2 heteroatoms. The molecule has 1 fully saturated rings. The van der Waals surface area contributed by atoms with Crippen molar-refractivity contribution >= 4 is 0 Å². The third-order valence-electron chi connectivity index (χ3n) is 3.38. The Morgan fingerprint density at radius 1 is 1.23 bits per heavy atom. The van der Waals surface area contributed by atoms with Crippen molar-refractivity contribution in [3.63, 3.8) is 0 Å². The molecule has 1 rings (SSSR count). The molecule has 1 heterocycles. The number of nitrogens with zero attached hydrogens (tertiary/aromatic N) is 1. The smallest absolute Gasteiger partial charge is 0.0472 e. The summed E-state index contributed by atoms with van der Waals surface area (Å²) < 4.78 is 0. The highest BCUT2D eigenvalue weighted by Crippen LogP contribution is 2.42. The van der Waals surface area contributed by atoms with E-state index in [0.717, 1.165) is 19.3 Å². The first kappa shape index (κ1) is 11.0. The van der Waals surface area contributed by atoms with Crippen LogP contribution in [0.5, 0.6) is 0 Å². The van der Waals surface area contributed by atoms with E-state index in [-0.39, 0.29) is 11.1 Å². The average molecular weight is 184 g/mol. The summed E-state index contributed by atoms with van der Waals surface area (Å²) in [5, 5.41) is 13.3. The van der Waals surface area contributed by atoms with Gasteiger partial charge in [-0.25, -0.2) is 0 Å². The molecule has 1 aliphatic heterocycles. The molecule has 1 aliphatic rings. The van der Waals surface area contributed by atoms with Crippen LogP contribution in [0.4, 0.5) is 0 Å². The Morgan fingerprint density at radius 3 is 2.23 bits per heavy atom. The summed E-state index contributed by atoms with van der Waals surface area (Å²) in [6, 6.07) is 0. The first-order valence-electron chi connectivity index (χ1n) is 5.40. The molecule has 0 saturated carbocycles. The van der Waals surface area contributed by atoms with Gasteiger partial charge in [0.05, 0.1) is 0 Å². The zero-order valence-electron chi connectivity index (χ0n) is 9.39. The number of hydrogen-bond acceptors (Lipinski definition) is 1. The van der Waals surface area contributed by atoms with E-state index < -0.39 is 0 Å². The molecule has 0 N–H and O–H groups in total. The molecule has 0 aromatic rings. The van der Waals surface area contributed by atoms with Gasteiger partial charge in [0.15, 0.2) is 0 Å². The van der Waals surface area contributed by atoms with Gasteiger partial charge in [0.2, 0.25) is 0 Å². The zero-order chi connectivity index (χ0) is 10.1. The fourth-order valence-electron chi connectivity index (χ4n) is 2.29. The highest BCUT2D eigenvalue weighted by Gasteiger charge is 2.47. The van der Waals surface area contributed by atoms with Crippen molar-refractivity contribution in [1.29, 1.82) is 0 Å². The van der Waals surface area contributed by atoms with E-state index in [2.05, 4.69) is 27.7 Å². The predicted octanol–water partition coefficient (Wildman–Crippen LogP) is 3.16. The second-order valence-electron chi connectivity index (χ2n) is 5.21. The van der Waals surface area contributed by atoms with Crippen LogP contribution in [0.25, 0.3) is 0 Å². The van der Waals surface area contributed by atoms with Crippen molar-refractivity contribution in [3.05, 3.63) is 0 Å². The van der Waals surface area contributed by atoms with E-state index >= 15 is 0 Å². The van der Waals surface area contributed by atoms with Gasteiger partial charge in [-0.1, -0.05) is 19.8 Å². The van der Waals surface area contributed by atoms with Crippen molar-refractivity contribution in [2.24, 2.45) is 0 Å². The third-order valence-corrected chi connectivity index (χ3v) is 3.38. The average Bonchev–Trinajstić information content (AvgIpc) is 2.28. The van der Waals surface area contributed by atoms with Crippen LogP contribution in [0, 0.1) is 0 Å². The topological polar surface area (TPSA) is 23.1 Å². The predicted molar refractivity (Wildman–Crippen MR) is 53.8 cm³/mol. The van der Waals surface area contributed by atoms with Crippen LogP contribution in [0.1, 0.15) is 59.8 Å². The van der Waals surface area contributed by atoms with Gasteiger partial charge in [0.1, 0.15) is 0 Å². The van der Waals surface area contributed by atoms with Gasteiger partial charge in [-0.05, 0) is 40.0 Å². The van der Waals surface area contributed by atoms with E-state index in [1.807, 2.05) is 0 Å². The Kier molecular flexibility index (Phi) is 3.03. The minimum absolute atomic E-state index is 0.0838. The molecule has 77 valence electrons. The molecule has 1 saturated heterocycles. The number of rotatable bonds is 3. The first-order valence-corrected chi connectivity index (χ1v) is 5.40. The van der Waals surface area contributed by atoms with E-state index in [1.54, 1.807) is 0 Å². The van der Waals surface area contributed by atoms with Crippen LogP contribution in [0.3, 0.4) is 0 Å². The van der Waals surface area contributed by atoms with E-state index in [0.29, 0.717) is 0 Å². The zero-order valence-corrected chi connectivity index (χ0v) is 9.39. The molecule has 1 unspecified atom stereocenters. The lowest BCUT2D eigenvalue weighted by molar-refractivity contribution is -0.250. The van der Waals surface area contributed by atoms with Gasteiger partial charge in [-0.3, -0.25) is 0 Å². The quantitative estimate of drug-likeness (QED) is 0.660. The van der Waals surface area contributed by atoms with Crippen LogP contribution < -0.4 is 0 Å². The summed E-state index contributed by atoms with van der Waals surface area (Å²) in [6.45, 7) is 8.40. The fraction of sp³-hybridized carbons (Fsp3) is 1.00. The van der Waals surface area contributed by atoms with Crippen molar-refractivity contribution in [2.75, 3.05) is 0 Å². The second-order valence-corrected chi connectivity index (χ2v) is 5.21. The molecule has 0 spiro atoms. The molecule has 0 aliphatic carbocycles. The van der Waals surface area contributed by atoms with Crippen LogP contribution in [-0.4, -0.2) is 16.1 Å². The van der Waals surface area contributed by atoms with Crippen molar-refractivity contribution in [1.82, 2.24) is 5.06 Å². The highest BCUT2D eigenvalue weighted by molar-refractivity contribution is 4.98. The molecular weight excluding hydrogens is 162 g/mol. The SMILES string of the molecule is CCCCC1(C)CCC(C)(C)N1[O]. The molecule has 0 aromatic heterocycles. The maximum Gasteiger partial charge on any atom is 0.0472 e. The van der Waals surface area contributed by atoms with Crippen LogP contribution in [0.15, 0.2) is 0 Å². The molecule has 0 amide bonds. The van der Waals surface area contributed by atoms with E-state index in [1.165, 1.54) is 17.9 Å². The summed E-state index contributed by atoms with van der Waals surface area (Å²) in [5.41, 5.74) is -0.220. The number of hydroxylamine groups is 2. The Morgan fingerprint density at radius 2 is 1.85 bits per heavy atom. The lowest BCUT2D eigenvalue weighted by Gasteiger charge is -2.34. The van der Waals surface area contributed by atoms with Crippen LogP contribution >= 0.6 is 0 Å². The van der Waals surface area contributed by atoms with Crippen molar-refractivity contribution in [2.45, 2.75) is 70.9 Å². The third kappa shape index (κ3) is 2.05. The van der Waals surface area contributed by atoms with Gasteiger partial charge in [0, 0.05) is 11.1 Å². The Hall–Kier alpha value is -0.0800. The number of unbranched alkanes of at least 4 members (excludes halogenated alkanes) is 1. The standard InChI is InChI=1S/C11H22NO/c1-5-6-7-11(4)9-8-10(2,3)12(11)13/h5-9H2,1-4H3. The lowest BCUT2D eigenvalue weighted by atomic mass is 9.93. The first-order chi connectivity index (χ1) is 5.92. The summed E-state index contributed by atoms with van der Waals surface area (Å²) in [6.07, 6.45) is 5.51. The largest absolute Gasteiger partial charge is 0.144 e. The molecule has 2 nitrogen and oxygen atoms in total. The van der Waals surface area contributed by atoms with Crippen LogP contribution in [-0.2, 0) is 5.21 Å². The van der Waals surface area contributed by atoms with E-state index in [9.17, 15) is 5.21 Å². The van der Waals surface area contributed by atoms with Gasteiger partial charge in [0.25, 0.3) is 0 Å². The van der Waals surface area contributed by atoms with Gasteiger partial charge in [-0.15, -0.1) is 10.3 Å². The maximum atomic E-state index is 12.0. The monoisotopic (exact) mass is 184 g/mol. The minimum atomic E-state index is -0.136. The summed E-state index contributed by atoms with van der Waals surface area (Å²) in [4.78, 5) is 0. The molecule has 0 bridgehead atoms. The molecule has 0 aromatic carbocycles. The fourth-order valence-corrected chi connectivity index (χ4v) is 2.29. The second kappa shape index (κ2) is 3.58.